The van der Waals surface area contributed by atoms with Crippen molar-refractivity contribution >= 4 is 17.3 Å². The van der Waals surface area contributed by atoms with Crippen molar-refractivity contribution < 1.29 is 4.39 Å². The number of hydrogen-bond donors (Lipinski definition) is 1. The molecule has 0 radical (unpaired) electrons. The molecule has 0 atom stereocenters. The van der Waals surface area contributed by atoms with E-state index in [0.717, 1.165) is 5.69 Å². The highest BCUT2D eigenvalue weighted by atomic mass is 19.1. The monoisotopic (exact) mass is 218 g/mol. The fourth-order valence-corrected chi connectivity index (χ4v) is 1.34. The molecule has 0 amide bonds. The Morgan fingerprint density at radius 3 is 2.50 bits per heavy atom. The SMILES string of the molecule is CN(c1ccc(F)cc1)c1cc(N)ncn1. The van der Waals surface area contributed by atoms with Crippen LogP contribution in [0.2, 0.25) is 0 Å². The van der Waals surface area contributed by atoms with Crippen LogP contribution in [0.15, 0.2) is 36.7 Å². The molecule has 1 aromatic carbocycles. The summed E-state index contributed by atoms with van der Waals surface area (Å²) in [7, 11) is 1.83. The summed E-state index contributed by atoms with van der Waals surface area (Å²) in [6, 6.07) is 7.80. The summed E-state index contributed by atoms with van der Waals surface area (Å²) in [5.41, 5.74) is 6.39. The van der Waals surface area contributed by atoms with Gasteiger partial charge in [-0.05, 0) is 24.3 Å². The molecule has 0 saturated carbocycles. The summed E-state index contributed by atoms with van der Waals surface area (Å²) in [4.78, 5) is 9.69. The summed E-state index contributed by atoms with van der Waals surface area (Å²) in [5, 5.41) is 0. The van der Waals surface area contributed by atoms with Crippen molar-refractivity contribution in [1.29, 1.82) is 0 Å². The van der Waals surface area contributed by atoms with E-state index in [0.29, 0.717) is 11.6 Å². The van der Waals surface area contributed by atoms with Gasteiger partial charge >= 0.3 is 0 Å². The molecule has 16 heavy (non-hydrogen) atoms. The van der Waals surface area contributed by atoms with Crippen LogP contribution in [-0.4, -0.2) is 17.0 Å². The molecule has 5 heteroatoms. The average molecular weight is 218 g/mol. The number of benzene rings is 1. The van der Waals surface area contributed by atoms with E-state index >= 15 is 0 Å². The zero-order valence-corrected chi connectivity index (χ0v) is 8.76. The molecule has 0 fully saturated rings. The largest absolute Gasteiger partial charge is 0.384 e. The Hall–Kier alpha value is -2.17. The summed E-state index contributed by atoms with van der Waals surface area (Å²) in [6.45, 7) is 0. The second kappa shape index (κ2) is 4.14. The number of hydrogen-bond acceptors (Lipinski definition) is 4. The van der Waals surface area contributed by atoms with Gasteiger partial charge in [0, 0.05) is 18.8 Å². The van der Waals surface area contributed by atoms with Crippen LogP contribution in [0.4, 0.5) is 21.7 Å². The normalized spacial score (nSPS) is 10.1. The zero-order chi connectivity index (χ0) is 11.5. The maximum absolute atomic E-state index is 12.8. The fourth-order valence-electron chi connectivity index (χ4n) is 1.34. The van der Waals surface area contributed by atoms with Crippen LogP contribution in [-0.2, 0) is 0 Å². The minimum absolute atomic E-state index is 0.264. The van der Waals surface area contributed by atoms with Crippen LogP contribution in [0.25, 0.3) is 0 Å². The summed E-state index contributed by atoms with van der Waals surface area (Å²) < 4.78 is 12.8. The van der Waals surface area contributed by atoms with Crippen LogP contribution in [0, 0.1) is 5.82 Å². The Bertz CT molecular complexity index is 484. The molecule has 0 spiro atoms. The Kier molecular flexibility index (Phi) is 2.68. The van der Waals surface area contributed by atoms with E-state index in [1.165, 1.54) is 18.5 Å². The Labute approximate surface area is 92.6 Å². The van der Waals surface area contributed by atoms with Crippen molar-refractivity contribution in [1.82, 2.24) is 9.97 Å². The van der Waals surface area contributed by atoms with Crippen molar-refractivity contribution in [3.05, 3.63) is 42.5 Å². The van der Waals surface area contributed by atoms with Gasteiger partial charge in [-0.2, -0.15) is 0 Å². The van der Waals surface area contributed by atoms with E-state index < -0.39 is 0 Å². The van der Waals surface area contributed by atoms with Crippen molar-refractivity contribution in [3.63, 3.8) is 0 Å². The highest BCUT2D eigenvalue weighted by Crippen LogP contribution is 2.21. The highest BCUT2D eigenvalue weighted by Gasteiger charge is 2.05. The second-order valence-corrected chi connectivity index (χ2v) is 3.34. The van der Waals surface area contributed by atoms with Gasteiger partial charge in [0.15, 0.2) is 0 Å². The Morgan fingerprint density at radius 2 is 1.88 bits per heavy atom. The number of rotatable bonds is 2. The summed E-state index contributed by atoms with van der Waals surface area (Å²) in [5.74, 6) is 0.803. The van der Waals surface area contributed by atoms with Gasteiger partial charge in [0.25, 0.3) is 0 Å². The smallest absolute Gasteiger partial charge is 0.138 e. The van der Waals surface area contributed by atoms with Gasteiger partial charge in [0.2, 0.25) is 0 Å². The number of anilines is 3. The first-order chi connectivity index (χ1) is 7.66. The van der Waals surface area contributed by atoms with Crippen LogP contribution in [0.1, 0.15) is 0 Å². The van der Waals surface area contributed by atoms with E-state index in [-0.39, 0.29) is 5.82 Å². The van der Waals surface area contributed by atoms with E-state index in [1.54, 1.807) is 23.1 Å². The Morgan fingerprint density at radius 1 is 1.19 bits per heavy atom. The molecule has 0 bridgehead atoms. The van der Waals surface area contributed by atoms with Crippen molar-refractivity contribution in [2.24, 2.45) is 0 Å². The van der Waals surface area contributed by atoms with Crippen LogP contribution < -0.4 is 10.6 Å². The number of nitrogen functional groups attached to an aromatic ring is 1. The van der Waals surface area contributed by atoms with Gasteiger partial charge in [0.05, 0.1) is 0 Å². The zero-order valence-electron chi connectivity index (χ0n) is 8.76. The lowest BCUT2D eigenvalue weighted by atomic mass is 10.3. The summed E-state index contributed by atoms with van der Waals surface area (Å²) >= 11 is 0. The molecule has 0 aliphatic carbocycles. The van der Waals surface area contributed by atoms with Crippen LogP contribution >= 0.6 is 0 Å². The highest BCUT2D eigenvalue weighted by molar-refractivity contribution is 5.60. The molecule has 0 aliphatic rings. The van der Waals surface area contributed by atoms with E-state index in [1.807, 2.05) is 7.05 Å². The van der Waals surface area contributed by atoms with Gasteiger partial charge in [-0.3, -0.25) is 0 Å². The molecule has 0 aliphatic heterocycles. The topological polar surface area (TPSA) is 55.0 Å². The predicted octanol–water partition coefficient (Wildman–Crippen LogP) is 1.97. The lowest BCUT2D eigenvalue weighted by Crippen LogP contribution is -2.11. The second-order valence-electron chi connectivity index (χ2n) is 3.34. The van der Waals surface area contributed by atoms with Gasteiger partial charge < -0.3 is 10.6 Å². The minimum Gasteiger partial charge on any atom is -0.384 e. The summed E-state index contributed by atoms with van der Waals surface area (Å²) in [6.07, 6.45) is 1.39. The first kappa shape index (κ1) is 10.4. The molecule has 1 heterocycles. The van der Waals surface area contributed by atoms with Gasteiger partial charge in [-0.25, -0.2) is 14.4 Å². The van der Waals surface area contributed by atoms with Gasteiger partial charge in [0.1, 0.15) is 23.8 Å². The lowest BCUT2D eigenvalue weighted by Gasteiger charge is -2.17. The van der Waals surface area contributed by atoms with Crippen molar-refractivity contribution in [3.8, 4) is 0 Å². The maximum atomic E-state index is 12.8. The molecule has 82 valence electrons. The average Bonchev–Trinajstić information content (AvgIpc) is 2.29. The first-order valence-corrected chi connectivity index (χ1v) is 4.73. The Balaban J connectivity index is 2.31. The molecular weight excluding hydrogens is 207 g/mol. The van der Waals surface area contributed by atoms with E-state index in [9.17, 15) is 4.39 Å². The van der Waals surface area contributed by atoms with Crippen molar-refractivity contribution in [2.75, 3.05) is 17.7 Å². The third-order valence-electron chi connectivity index (χ3n) is 2.23. The molecule has 2 aromatic rings. The molecular formula is C11H11FN4. The maximum Gasteiger partial charge on any atom is 0.138 e. The molecule has 0 saturated heterocycles. The number of halogens is 1. The third-order valence-corrected chi connectivity index (χ3v) is 2.23. The molecule has 1 aromatic heterocycles. The first-order valence-electron chi connectivity index (χ1n) is 4.73. The number of nitrogens with zero attached hydrogens (tertiary/aromatic N) is 3. The van der Waals surface area contributed by atoms with Crippen LogP contribution in [0.5, 0.6) is 0 Å². The van der Waals surface area contributed by atoms with Crippen LogP contribution in [0.3, 0.4) is 0 Å². The predicted molar refractivity (Wildman–Crippen MR) is 60.9 cm³/mol. The quantitative estimate of drug-likeness (QED) is 0.837. The van der Waals surface area contributed by atoms with Crippen molar-refractivity contribution in [2.45, 2.75) is 0 Å². The standard InChI is InChI=1S/C11H11FN4/c1-16(9-4-2-8(12)3-5-9)11-6-10(13)14-7-15-11/h2-7H,1H3,(H2,13,14,15). The van der Waals surface area contributed by atoms with Gasteiger partial charge in [-0.15, -0.1) is 0 Å². The number of nitrogens with two attached hydrogens (primary N) is 1. The van der Waals surface area contributed by atoms with E-state index in [4.69, 9.17) is 5.73 Å². The fraction of sp³-hybridized carbons (Fsp3) is 0.0909. The molecule has 4 nitrogen and oxygen atoms in total. The lowest BCUT2D eigenvalue weighted by molar-refractivity contribution is 0.628. The molecule has 2 rings (SSSR count). The molecule has 2 N–H and O–H groups in total. The molecule has 0 unspecified atom stereocenters. The number of aromatic nitrogens is 2. The van der Waals surface area contributed by atoms with E-state index in [2.05, 4.69) is 9.97 Å². The minimum atomic E-state index is -0.264. The van der Waals surface area contributed by atoms with Gasteiger partial charge in [-0.1, -0.05) is 0 Å². The third kappa shape index (κ3) is 2.08.